The molecule has 2 N–H and O–H groups in total. The molecule has 2 rings (SSSR count). The van der Waals surface area contributed by atoms with Gasteiger partial charge in [0.05, 0.1) is 0 Å². The van der Waals surface area contributed by atoms with E-state index >= 15 is 0 Å². The maximum Gasteiger partial charge on any atom is 0.261 e. The Kier molecular flexibility index (Phi) is 9.38. The zero-order valence-electron chi connectivity index (χ0n) is 19.1. The molecule has 31 heavy (non-hydrogen) atoms. The second kappa shape index (κ2) is 12.0. The molecule has 168 valence electrons. The molecule has 2 aromatic carbocycles. The lowest BCUT2D eigenvalue weighted by Crippen LogP contribution is -2.48. The predicted molar refractivity (Wildman–Crippen MR) is 122 cm³/mol. The summed E-state index contributed by atoms with van der Waals surface area (Å²) in [6.07, 6.45) is -0.0860. The first-order chi connectivity index (χ1) is 14.8. The van der Waals surface area contributed by atoms with Crippen LogP contribution in [0, 0.1) is 13.8 Å². The van der Waals surface area contributed by atoms with Crippen molar-refractivity contribution in [3.05, 3.63) is 59.7 Å². The van der Waals surface area contributed by atoms with Crippen LogP contribution in [-0.4, -0.2) is 36.6 Å². The van der Waals surface area contributed by atoms with Gasteiger partial charge in [-0.05, 0) is 57.9 Å². The second-order valence-corrected chi connectivity index (χ2v) is 7.81. The Morgan fingerprint density at radius 2 is 1.19 bits per heavy atom. The summed E-state index contributed by atoms with van der Waals surface area (Å²) in [6, 6.07) is 15.0. The standard InChI is InChI=1S/C25H34N2O4/c1-6-22(30-20-12-8-17(3)9-13-20)24(28)26-16-19(5)27-25(29)23(7-2)31-21-14-10-18(4)11-15-21/h8-15,19,22-23H,6-7,16H2,1-5H3,(H,26,28)(H,27,29)/t19-,22+,23+/m1/s1. The van der Waals surface area contributed by atoms with Gasteiger partial charge in [0, 0.05) is 12.6 Å². The third-order valence-electron chi connectivity index (χ3n) is 4.90. The van der Waals surface area contributed by atoms with Crippen LogP contribution in [0.25, 0.3) is 0 Å². The van der Waals surface area contributed by atoms with Gasteiger partial charge in [0.1, 0.15) is 11.5 Å². The maximum absolute atomic E-state index is 12.6. The number of carbonyl (C=O) groups is 2. The highest BCUT2D eigenvalue weighted by molar-refractivity contribution is 5.82. The summed E-state index contributed by atoms with van der Waals surface area (Å²) in [5.41, 5.74) is 2.26. The van der Waals surface area contributed by atoms with E-state index in [9.17, 15) is 9.59 Å². The Labute approximate surface area is 185 Å². The largest absolute Gasteiger partial charge is 0.481 e. The van der Waals surface area contributed by atoms with Gasteiger partial charge in [-0.25, -0.2) is 0 Å². The quantitative estimate of drug-likeness (QED) is 0.571. The molecule has 0 unspecified atom stereocenters. The van der Waals surface area contributed by atoms with Crippen LogP contribution < -0.4 is 20.1 Å². The minimum atomic E-state index is -0.589. The molecule has 0 aliphatic rings. The monoisotopic (exact) mass is 426 g/mol. The summed E-state index contributed by atoms with van der Waals surface area (Å²) in [7, 11) is 0. The minimum Gasteiger partial charge on any atom is -0.481 e. The first-order valence-electron chi connectivity index (χ1n) is 10.9. The van der Waals surface area contributed by atoms with Crippen molar-refractivity contribution in [3.63, 3.8) is 0 Å². The molecule has 0 spiro atoms. The van der Waals surface area contributed by atoms with Gasteiger partial charge in [0.25, 0.3) is 11.8 Å². The van der Waals surface area contributed by atoms with Crippen molar-refractivity contribution >= 4 is 11.8 Å². The van der Waals surface area contributed by atoms with Crippen LogP contribution in [0.2, 0.25) is 0 Å². The van der Waals surface area contributed by atoms with E-state index in [0.29, 0.717) is 30.9 Å². The molecule has 0 fully saturated rings. The molecule has 2 aromatic rings. The number of ether oxygens (including phenoxy) is 2. The highest BCUT2D eigenvalue weighted by Gasteiger charge is 2.22. The number of benzene rings is 2. The number of hydrogen-bond acceptors (Lipinski definition) is 4. The number of aryl methyl sites for hydroxylation is 2. The summed E-state index contributed by atoms with van der Waals surface area (Å²) in [4.78, 5) is 25.1. The molecule has 0 aromatic heterocycles. The van der Waals surface area contributed by atoms with Crippen LogP contribution in [0.15, 0.2) is 48.5 Å². The minimum absolute atomic E-state index is 0.201. The van der Waals surface area contributed by atoms with Gasteiger partial charge >= 0.3 is 0 Å². The molecule has 0 aliphatic carbocycles. The van der Waals surface area contributed by atoms with Gasteiger partial charge in [-0.1, -0.05) is 49.2 Å². The van der Waals surface area contributed by atoms with E-state index in [2.05, 4.69) is 10.6 Å². The van der Waals surface area contributed by atoms with Crippen molar-refractivity contribution in [2.45, 2.75) is 65.7 Å². The zero-order chi connectivity index (χ0) is 22.8. The van der Waals surface area contributed by atoms with Crippen LogP contribution in [-0.2, 0) is 9.59 Å². The third kappa shape index (κ3) is 7.96. The average Bonchev–Trinajstić information content (AvgIpc) is 2.76. The zero-order valence-corrected chi connectivity index (χ0v) is 19.1. The Morgan fingerprint density at radius 3 is 1.61 bits per heavy atom. The number of carbonyl (C=O) groups excluding carboxylic acids is 2. The number of amides is 2. The predicted octanol–water partition coefficient (Wildman–Crippen LogP) is 3.94. The Balaban J connectivity index is 1.82. The van der Waals surface area contributed by atoms with Crippen LogP contribution in [0.1, 0.15) is 44.7 Å². The summed E-state index contributed by atoms with van der Waals surface area (Å²) in [6.45, 7) is 9.95. The highest BCUT2D eigenvalue weighted by atomic mass is 16.5. The number of nitrogens with one attached hydrogen (secondary N) is 2. The van der Waals surface area contributed by atoms with Gasteiger partial charge < -0.3 is 20.1 Å². The van der Waals surface area contributed by atoms with E-state index in [-0.39, 0.29) is 17.9 Å². The van der Waals surface area contributed by atoms with Crippen molar-refractivity contribution in [1.29, 1.82) is 0 Å². The van der Waals surface area contributed by atoms with Gasteiger partial charge in [-0.2, -0.15) is 0 Å². The molecule has 6 heteroatoms. The summed E-state index contributed by atoms with van der Waals surface area (Å²) < 4.78 is 11.6. The van der Waals surface area contributed by atoms with Gasteiger partial charge in [0.15, 0.2) is 12.2 Å². The third-order valence-corrected chi connectivity index (χ3v) is 4.90. The van der Waals surface area contributed by atoms with E-state index < -0.39 is 12.2 Å². The van der Waals surface area contributed by atoms with Crippen LogP contribution in [0.5, 0.6) is 11.5 Å². The molecule has 6 nitrogen and oxygen atoms in total. The first-order valence-corrected chi connectivity index (χ1v) is 10.9. The molecular formula is C25H34N2O4. The topological polar surface area (TPSA) is 76.7 Å². The summed E-state index contributed by atoms with van der Waals surface area (Å²) >= 11 is 0. The number of hydrogen-bond donors (Lipinski definition) is 2. The van der Waals surface area contributed by atoms with Gasteiger partial charge in [0.2, 0.25) is 0 Å². The lowest BCUT2D eigenvalue weighted by molar-refractivity contribution is -0.130. The van der Waals surface area contributed by atoms with Gasteiger partial charge in [-0.15, -0.1) is 0 Å². The fourth-order valence-electron chi connectivity index (χ4n) is 2.96. The fraction of sp³-hybridized carbons (Fsp3) is 0.440. The van der Waals surface area contributed by atoms with Crippen LogP contribution in [0.4, 0.5) is 0 Å². The van der Waals surface area contributed by atoms with E-state index in [1.807, 2.05) is 83.1 Å². The van der Waals surface area contributed by atoms with E-state index in [1.165, 1.54) is 0 Å². The Bertz CT molecular complexity index is 834. The molecule has 0 bridgehead atoms. The normalized spacial score (nSPS) is 13.6. The lowest BCUT2D eigenvalue weighted by Gasteiger charge is -2.22. The first kappa shape index (κ1) is 24.3. The number of rotatable bonds is 11. The molecular weight excluding hydrogens is 392 g/mol. The van der Waals surface area contributed by atoms with Crippen molar-refractivity contribution in [2.24, 2.45) is 0 Å². The average molecular weight is 427 g/mol. The second-order valence-electron chi connectivity index (χ2n) is 7.81. The highest BCUT2D eigenvalue weighted by Crippen LogP contribution is 2.16. The summed E-state index contributed by atoms with van der Waals surface area (Å²) in [5, 5.41) is 5.78. The van der Waals surface area contributed by atoms with Crippen molar-refractivity contribution < 1.29 is 19.1 Å². The van der Waals surface area contributed by atoms with Gasteiger partial charge in [-0.3, -0.25) is 9.59 Å². The maximum atomic E-state index is 12.6. The lowest BCUT2D eigenvalue weighted by atomic mass is 10.2. The van der Waals surface area contributed by atoms with Crippen molar-refractivity contribution in [3.8, 4) is 11.5 Å². The van der Waals surface area contributed by atoms with Crippen molar-refractivity contribution in [2.75, 3.05) is 6.54 Å². The molecule has 0 radical (unpaired) electrons. The molecule has 0 heterocycles. The van der Waals surface area contributed by atoms with E-state index in [1.54, 1.807) is 0 Å². The van der Waals surface area contributed by atoms with E-state index in [0.717, 1.165) is 11.1 Å². The van der Waals surface area contributed by atoms with Crippen LogP contribution >= 0.6 is 0 Å². The fourth-order valence-corrected chi connectivity index (χ4v) is 2.96. The molecule has 3 atom stereocenters. The molecule has 0 saturated carbocycles. The molecule has 2 amide bonds. The Morgan fingerprint density at radius 1 is 0.774 bits per heavy atom. The SMILES string of the molecule is CC[C@H](Oc1ccc(C)cc1)C(=O)NC[C@@H](C)NC(=O)[C@H](CC)Oc1ccc(C)cc1. The molecule has 0 saturated heterocycles. The summed E-state index contributed by atoms with van der Waals surface area (Å²) in [5.74, 6) is 0.917. The Hall–Kier alpha value is -3.02. The van der Waals surface area contributed by atoms with Crippen molar-refractivity contribution in [1.82, 2.24) is 10.6 Å². The van der Waals surface area contributed by atoms with E-state index in [4.69, 9.17) is 9.47 Å². The van der Waals surface area contributed by atoms with Crippen LogP contribution in [0.3, 0.4) is 0 Å². The smallest absolute Gasteiger partial charge is 0.261 e. The molecule has 0 aliphatic heterocycles.